The highest BCUT2D eigenvalue weighted by Gasteiger charge is 2.22. The van der Waals surface area contributed by atoms with E-state index in [-0.39, 0.29) is 6.61 Å². The van der Waals surface area contributed by atoms with Gasteiger partial charge in [-0.1, -0.05) is 6.92 Å². The van der Waals surface area contributed by atoms with E-state index in [2.05, 4.69) is 46.6 Å². The normalized spacial score (nSPS) is 18.5. The van der Waals surface area contributed by atoms with Crippen LogP contribution in [-0.2, 0) is 11.2 Å². The van der Waals surface area contributed by atoms with Crippen molar-refractivity contribution < 1.29 is 14.6 Å². The van der Waals surface area contributed by atoms with Crippen molar-refractivity contribution in [3.8, 4) is 5.75 Å². The molecule has 3 rings (SSSR count). The number of likely N-dealkylation sites (N-methyl/N-ethyl adjacent to an activating group) is 1. The van der Waals surface area contributed by atoms with Crippen LogP contribution in [0.1, 0.15) is 30.9 Å². The quantitative estimate of drug-likeness (QED) is 0.581. The van der Waals surface area contributed by atoms with Crippen molar-refractivity contribution in [3.63, 3.8) is 0 Å². The van der Waals surface area contributed by atoms with Crippen LogP contribution in [0.25, 0.3) is 0 Å². The van der Waals surface area contributed by atoms with Gasteiger partial charge in [-0.2, -0.15) is 0 Å². The summed E-state index contributed by atoms with van der Waals surface area (Å²) in [6.45, 7) is 5.09. The molecule has 1 aromatic rings. The first-order valence-corrected chi connectivity index (χ1v) is 10.5. The first kappa shape index (κ1) is 21.6. The van der Waals surface area contributed by atoms with Crippen LogP contribution < -0.4 is 15.4 Å². The van der Waals surface area contributed by atoms with Crippen LogP contribution in [0.15, 0.2) is 35.1 Å². The Morgan fingerprint density at radius 1 is 1.34 bits per heavy atom. The van der Waals surface area contributed by atoms with Gasteiger partial charge in [-0.3, -0.25) is 4.99 Å². The lowest BCUT2D eigenvalue weighted by atomic mass is 10.0. The van der Waals surface area contributed by atoms with Crippen LogP contribution in [0.2, 0.25) is 0 Å². The fourth-order valence-corrected chi connectivity index (χ4v) is 3.69. The van der Waals surface area contributed by atoms with E-state index in [0.29, 0.717) is 19.3 Å². The van der Waals surface area contributed by atoms with Gasteiger partial charge in [0.05, 0.1) is 5.71 Å². The minimum absolute atomic E-state index is 0.259. The standard InChI is InChI=1S/C22H34N4O3/c1-4-16-9-17(11-20(10-16)29-14-19(27)13-23-2)21-12-22(25-15-24-21)26(3)18-5-7-28-8-6-18/h9-12,18-19,23,25,27H,4-8,13-15H2,1-3H3. The maximum atomic E-state index is 9.93. The second kappa shape index (κ2) is 10.6. The molecule has 0 radical (unpaired) electrons. The molecule has 0 aliphatic carbocycles. The number of aliphatic hydroxyl groups excluding tert-OH is 1. The van der Waals surface area contributed by atoms with Gasteiger partial charge < -0.3 is 30.1 Å². The Balaban J connectivity index is 1.76. The highest BCUT2D eigenvalue weighted by Crippen LogP contribution is 2.22. The van der Waals surface area contributed by atoms with Gasteiger partial charge in [0.25, 0.3) is 0 Å². The molecule has 1 aromatic carbocycles. The second-order valence-corrected chi connectivity index (χ2v) is 7.60. The van der Waals surface area contributed by atoms with E-state index in [1.807, 2.05) is 19.2 Å². The molecule has 0 bridgehead atoms. The van der Waals surface area contributed by atoms with Crippen molar-refractivity contribution in [2.75, 3.05) is 47.1 Å². The van der Waals surface area contributed by atoms with Gasteiger partial charge >= 0.3 is 0 Å². The fourth-order valence-electron chi connectivity index (χ4n) is 3.69. The molecular formula is C22H34N4O3. The van der Waals surface area contributed by atoms with Crippen molar-refractivity contribution >= 4 is 5.71 Å². The van der Waals surface area contributed by atoms with Crippen molar-refractivity contribution in [3.05, 3.63) is 41.2 Å². The molecule has 0 spiro atoms. The molecule has 1 saturated heterocycles. The average Bonchev–Trinajstić information content (AvgIpc) is 2.78. The molecule has 29 heavy (non-hydrogen) atoms. The summed E-state index contributed by atoms with van der Waals surface area (Å²) in [5, 5.41) is 16.3. The Kier molecular flexibility index (Phi) is 7.91. The molecule has 160 valence electrons. The lowest BCUT2D eigenvalue weighted by molar-refractivity contribution is 0.0507. The monoisotopic (exact) mass is 402 g/mol. The van der Waals surface area contributed by atoms with E-state index in [1.165, 1.54) is 5.56 Å². The smallest absolute Gasteiger partial charge is 0.120 e. The van der Waals surface area contributed by atoms with Gasteiger partial charge in [0, 0.05) is 44.5 Å². The molecule has 0 saturated carbocycles. The number of nitrogens with zero attached hydrogens (tertiary/aromatic N) is 2. The number of ether oxygens (including phenoxy) is 2. The maximum Gasteiger partial charge on any atom is 0.120 e. The second-order valence-electron chi connectivity index (χ2n) is 7.60. The largest absolute Gasteiger partial charge is 0.491 e. The van der Waals surface area contributed by atoms with Gasteiger partial charge in [0.1, 0.15) is 31.0 Å². The number of hydrogen-bond acceptors (Lipinski definition) is 7. The number of aliphatic imine (C=N–C) groups is 1. The summed E-state index contributed by atoms with van der Waals surface area (Å²) in [6, 6.07) is 6.70. The Labute approximate surface area is 173 Å². The van der Waals surface area contributed by atoms with E-state index in [4.69, 9.17) is 9.47 Å². The number of rotatable bonds is 9. The summed E-state index contributed by atoms with van der Waals surface area (Å²) >= 11 is 0. The molecule has 7 nitrogen and oxygen atoms in total. The maximum absolute atomic E-state index is 9.93. The van der Waals surface area contributed by atoms with Crippen LogP contribution in [0, 0.1) is 0 Å². The van der Waals surface area contributed by atoms with Gasteiger partial charge in [-0.05, 0) is 50.1 Å². The zero-order chi connectivity index (χ0) is 20.6. The van der Waals surface area contributed by atoms with Crippen LogP contribution >= 0.6 is 0 Å². The number of aryl methyl sites for hydroxylation is 1. The molecule has 2 heterocycles. The molecule has 1 fully saturated rings. The Morgan fingerprint density at radius 3 is 2.86 bits per heavy atom. The third-order valence-corrected chi connectivity index (χ3v) is 5.45. The van der Waals surface area contributed by atoms with Crippen LogP contribution in [0.3, 0.4) is 0 Å². The lowest BCUT2D eigenvalue weighted by Crippen LogP contribution is -2.41. The molecule has 1 atom stereocenters. The number of nitrogens with one attached hydrogen (secondary N) is 2. The highest BCUT2D eigenvalue weighted by atomic mass is 16.5. The topological polar surface area (TPSA) is 78.3 Å². The van der Waals surface area contributed by atoms with E-state index < -0.39 is 6.10 Å². The van der Waals surface area contributed by atoms with Crippen molar-refractivity contribution in [1.29, 1.82) is 0 Å². The summed E-state index contributed by atoms with van der Waals surface area (Å²) in [6.07, 6.45) is 4.57. The summed E-state index contributed by atoms with van der Waals surface area (Å²) in [4.78, 5) is 6.99. The molecule has 1 unspecified atom stereocenters. The lowest BCUT2D eigenvalue weighted by Gasteiger charge is -2.35. The average molecular weight is 403 g/mol. The fraction of sp³-hybridized carbons (Fsp3) is 0.591. The minimum atomic E-state index is -0.537. The zero-order valence-electron chi connectivity index (χ0n) is 17.8. The third-order valence-electron chi connectivity index (χ3n) is 5.45. The van der Waals surface area contributed by atoms with E-state index >= 15 is 0 Å². The first-order chi connectivity index (χ1) is 14.1. The van der Waals surface area contributed by atoms with Crippen molar-refractivity contribution in [2.45, 2.75) is 38.3 Å². The molecular weight excluding hydrogens is 368 g/mol. The highest BCUT2D eigenvalue weighted by molar-refractivity contribution is 6.09. The molecule has 0 aromatic heterocycles. The molecule has 2 aliphatic heterocycles. The number of hydrogen-bond donors (Lipinski definition) is 3. The molecule has 2 aliphatic rings. The molecule has 0 amide bonds. The zero-order valence-corrected chi connectivity index (χ0v) is 17.8. The van der Waals surface area contributed by atoms with Crippen molar-refractivity contribution in [2.24, 2.45) is 4.99 Å². The van der Waals surface area contributed by atoms with Gasteiger partial charge in [-0.25, -0.2) is 0 Å². The predicted molar refractivity (Wildman–Crippen MR) is 115 cm³/mol. The van der Waals surface area contributed by atoms with Gasteiger partial charge in [-0.15, -0.1) is 0 Å². The Hall–Kier alpha value is -2.09. The minimum Gasteiger partial charge on any atom is -0.491 e. The molecule has 7 heteroatoms. The Morgan fingerprint density at radius 2 is 2.14 bits per heavy atom. The van der Waals surface area contributed by atoms with Crippen LogP contribution in [0.4, 0.5) is 0 Å². The summed E-state index contributed by atoms with van der Waals surface area (Å²) in [7, 11) is 3.95. The van der Waals surface area contributed by atoms with Crippen LogP contribution in [0.5, 0.6) is 5.75 Å². The third kappa shape index (κ3) is 5.95. The predicted octanol–water partition coefficient (Wildman–Crippen LogP) is 1.51. The van der Waals surface area contributed by atoms with E-state index in [9.17, 15) is 5.11 Å². The number of aliphatic hydroxyl groups is 1. The van der Waals surface area contributed by atoms with Crippen LogP contribution in [-0.4, -0.2) is 75.0 Å². The van der Waals surface area contributed by atoms with E-state index in [0.717, 1.165) is 55.3 Å². The van der Waals surface area contributed by atoms with E-state index in [1.54, 1.807) is 0 Å². The first-order valence-electron chi connectivity index (χ1n) is 10.5. The number of allylic oxidation sites excluding steroid dienone is 1. The summed E-state index contributed by atoms with van der Waals surface area (Å²) < 4.78 is 11.4. The number of benzene rings is 1. The molecule has 3 N–H and O–H groups in total. The van der Waals surface area contributed by atoms with Crippen molar-refractivity contribution in [1.82, 2.24) is 15.5 Å². The Bertz CT molecular complexity index is 729. The van der Waals surface area contributed by atoms with Gasteiger partial charge in [0.2, 0.25) is 0 Å². The summed E-state index contributed by atoms with van der Waals surface area (Å²) in [5.41, 5.74) is 3.19. The SMILES string of the molecule is CCc1cc(OCC(O)CNC)cc(C2=NCNC(N(C)C3CCOCC3)=C2)c1. The van der Waals surface area contributed by atoms with Gasteiger partial charge in [0.15, 0.2) is 0 Å². The summed E-state index contributed by atoms with van der Waals surface area (Å²) in [5.74, 6) is 1.86.